The zero-order valence-electron chi connectivity index (χ0n) is 16.9. The molecule has 0 bridgehead atoms. The number of carbonyl (C=O) groups excluding carboxylic acids is 1. The summed E-state index contributed by atoms with van der Waals surface area (Å²) in [5.74, 6) is 0.367. The fourth-order valence-corrected chi connectivity index (χ4v) is 4.66. The van der Waals surface area contributed by atoms with Crippen LogP contribution in [0.1, 0.15) is 37.0 Å². The third-order valence-electron chi connectivity index (χ3n) is 5.09. The Morgan fingerprint density at radius 1 is 1.24 bits per heavy atom. The van der Waals surface area contributed by atoms with Gasteiger partial charge in [0.2, 0.25) is 16.0 Å². The Kier molecular flexibility index (Phi) is 6.49. The van der Waals surface area contributed by atoms with Crippen molar-refractivity contribution in [2.75, 3.05) is 25.0 Å². The Hall–Kier alpha value is -2.52. The summed E-state index contributed by atoms with van der Waals surface area (Å²) in [6.07, 6.45) is 5.16. The van der Waals surface area contributed by atoms with E-state index >= 15 is 0 Å². The predicted molar refractivity (Wildman–Crippen MR) is 111 cm³/mol. The lowest BCUT2D eigenvalue weighted by Gasteiger charge is -2.33. The van der Waals surface area contributed by atoms with Crippen molar-refractivity contribution >= 4 is 21.9 Å². The van der Waals surface area contributed by atoms with Gasteiger partial charge in [0.05, 0.1) is 4.90 Å². The van der Waals surface area contributed by atoms with Crippen molar-refractivity contribution < 1.29 is 13.2 Å². The molecule has 8 nitrogen and oxygen atoms in total. The zero-order valence-corrected chi connectivity index (χ0v) is 17.8. The number of anilines is 1. The highest BCUT2D eigenvalue weighted by molar-refractivity contribution is 7.89. The van der Waals surface area contributed by atoms with Crippen molar-refractivity contribution in [3.63, 3.8) is 0 Å². The van der Waals surface area contributed by atoms with Gasteiger partial charge in [0.15, 0.2) is 0 Å². The first kappa shape index (κ1) is 21.2. The zero-order chi connectivity index (χ0) is 21.0. The summed E-state index contributed by atoms with van der Waals surface area (Å²) in [7, 11) is -2.11. The van der Waals surface area contributed by atoms with Gasteiger partial charge in [-0.3, -0.25) is 4.79 Å². The standard InChI is InChI=1S/C20H27N5O3S/c1-15(2)24(3)29(27,28)18-9-4-7-16(13-18)19(26)23-17-8-5-12-25(14-17)20-21-10-6-11-22-20/h4,6-7,9-11,13,15,17H,5,8,12,14H2,1-3H3,(H,23,26). The molecule has 9 heteroatoms. The molecule has 1 aromatic heterocycles. The molecular formula is C20H27N5O3S. The number of sulfonamides is 1. The number of nitrogens with zero attached hydrogens (tertiary/aromatic N) is 4. The number of piperidine rings is 1. The van der Waals surface area contributed by atoms with E-state index in [0.717, 1.165) is 19.4 Å². The van der Waals surface area contributed by atoms with Gasteiger partial charge in [-0.05, 0) is 51.0 Å². The molecule has 156 valence electrons. The number of carbonyl (C=O) groups is 1. The minimum Gasteiger partial charge on any atom is -0.348 e. The first-order chi connectivity index (χ1) is 13.8. The van der Waals surface area contributed by atoms with Crippen LogP contribution in [-0.4, -0.2) is 60.8 Å². The molecule has 1 N–H and O–H groups in total. The van der Waals surface area contributed by atoms with E-state index in [0.29, 0.717) is 18.1 Å². The topological polar surface area (TPSA) is 95.5 Å². The van der Waals surface area contributed by atoms with E-state index in [4.69, 9.17) is 0 Å². The summed E-state index contributed by atoms with van der Waals surface area (Å²) in [6, 6.07) is 7.71. The normalized spacial score (nSPS) is 17.6. The molecule has 0 spiro atoms. The van der Waals surface area contributed by atoms with Gasteiger partial charge in [-0.25, -0.2) is 18.4 Å². The van der Waals surface area contributed by atoms with Crippen LogP contribution < -0.4 is 10.2 Å². The molecule has 3 rings (SSSR count). The van der Waals surface area contributed by atoms with Crippen molar-refractivity contribution in [1.29, 1.82) is 0 Å². The monoisotopic (exact) mass is 417 g/mol. The molecule has 29 heavy (non-hydrogen) atoms. The first-order valence-electron chi connectivity index (χ1n) is 9.70. The van der Waals surface area contributed by atoms with Gasteiger partial charge in [0.1, 0.15) is 0 Å². The maximum Gasteiger partial charge on any atom is 0.251 e. The van der Waals surface area contributed by atoms with E-state index in [1.807, 2.05) is 4.90 Å². The second-order valence-corrected chi connectivity index (χ2v) is 9.45. The van der Waals surface area contributed by atoms with Crippen LogP contribution in [0.25, 0.3) is 0 Å². The van der Waals surface area contributed by atoms with Crippen LogP contribution in [0.5, 0.6) is 0 Å². The molecule has 1 unspecified atom stereocenters. The summed E-state index contributed by atoms with van der Waals surface area (Å²) in [5, 5.41) is 3.02. The van der Waals surface area contributed by atoms with Gasteiger partial charge < -0.3 is 10.2 Å². The second-order valence-electron chi connectivity index (χ2n) is 7.45. The average Bonchev–Trinajstić information content (AvgIpc) is 2.74. The highest BCUT2D eigenvalue weighted by Crippen LogP contribution is 2.19. The largest absolute Gasteiger partial charge is 0.348 e. The SMILES string of the molecule is CC(C)N(C)S(=O)(=O)c1cccc(C(=O)NC2CCCN(c3ncccn3)C2)c1. The van der Waals surface area contributed by atoms with Gasteiger partial charge in [-0.15, -0.1) is 0 Å². The molecule has 1 saturated heterocycles. The molecule has 1 fully saturated rings. The molecule has 0 aliphatic carbocycles. The Morgan fingerprint density at radius 2 is 1.97 bits per heavy atom. The highest BCUT2D eigenvalue weighted by atomic mass is 32.2. The molecule has 1 aliphatic rings. The lowest BCUT2D eigenvalue weighted by Crippen LogP contribution is -2.48. The molecule has 2 heterocycles. The molecular weight excluding hydrogens is 390 g/mol. The Labute approximate surface area is 172 Å². The summed E-state index contributed by atoms with van der Waals surface area (Å²) in [4.78, 5) is 23.5. The van der Waals surface area contributed by atoms with Crippen molar-refractivity contribution in [2.45, 2.75) is 43.7 Å². The summed E-state index contributed by atoms with van der Waals surface area (Å²) >= 11 is 0. The number of aromatic nitrogens is 2. The second kappa shape index (κ2) is 8.87. The van der Waals surface area contributed by atoms with Crippen molar-refractivity contribution in [1.82, 2.24) is 19.6 Å². The molecule has 2 aromatic rings. The maximum absolute atomic E-state index is 12.8. The fraction of sp³-hybridized carbons (Fsp3) is 0.450. The number of benzene rings is 1. The fourth-order valence-electron chi connectivity index (χ4n) is 3.24. The lowest BCUT2D eigenvalue weighted by atomic mass is 10.1. The maximum atomic E-state index is 12.8. The number of hydrogen-bond donors (Lipinski definition) is 1. The van der Waals surface area contributed by atoms with Crippen LogP contribution in [0.4, 0.5) is 5.95 Å². The predicted octanol–water partition coefficient (Wildman–Crippen LogP) is 1.90. The van der Waals surface area contributed by atoms with Crippen LogP contribution in [0.2, 0.25) is 0 Å². The van der Waals surface area contributed by atoms with Gasteiger partial charge in [0, 0.05) is 50.2 Å². The third kappa shape index (κ3) is 4.91. The van der Waals surface area contributed by atoms with Crippen molar-refractivity contribution in [3.05, 3.63) is 48.3 Å². The van der Waals surface area contributed by atoms with E-state index in [-0.39, 0.29) is 22.9 Å². The average molecular weight is 418 g/mol. The van der Waals surface area contributed by atoms with Crippen LogP contribution >= 0.6 is 0 Å². The Morgan fingerprint density at radius 3 is 2.66 bits per heavy atom. The number of hydrogen-bond acceptors (Lipinski definition) is 6. The van der Waals surface area contributed by atoms with E-state index in [2.05, 4.69) is 15.3 Å². The molecule has 0 saturated carbocycles. The minimum absolute atomic E-state index is 0.0568. The van der Waals surface area contributed by atoms with E-state index < -0.39 is 10.0 Å². The smallest absolute Gasteiger partial charge is 0.251 e. The third-order valence-corrected chi connectivity index (χ3v) is 7.12. The number of amides is 1. The molecule has 1 aromatic carbocycles. The van der Waals surface area contributed by atoms with E-state index in [1.165, 1.54) is 23.5 Å². The number of nitrogens with one attached hydrogen (secondary N) is 1. The number of rotatable bonds is 6. The van der Waals surface area contributed by atoms with Crippen molar-refractivity contribution in [2.24, 2.45) is 0 Å². The van der Waals surface area contributed by atoms with Crippen LogP contribution in [0.15, 0.2) is 47.6 Å². The van der Waals surface area contributed by atoms with E-state index in [1.54, 1.807) is 44.4 Å². The Balaban J connectivity index is 1.71. The molecule has 1 aliphatic heterocycles. The van der Waals surface area contributed by atoms with Gasteiger partial charge in [0.25, 0.3) is 5.91 Å². The quantitative estimate of drug-likeness (QED) is 0.771. The first-order valence-corrected chi connectivity index (χ1v) is 11.1. The van der Waals surface area contributed by atoms with Gasteiger partial charge in [-0.1, -0.05) is 6.07 Å². The molecule has 0 radical (unpaired) electrons. The van der Waals surface area contributed by atoms with E-state index in [9.17, 15) is 13.2 Å². The van der Waals surface area contributed by atoms with Crippen LogP contribution in [0, 0.1) is 0 Å². The Bertz CT molecular complexity index is 950. The molecule has 1 atom stereocenters. The molecule has 1 amide bonds. The van der Waals surface area contributed by atoms with Gasteiger partial charge >= 0.3 is 0 Å². The van der Waals surface area contributed by atoms with Gasteiger partial charge in [-0.2, -0.15) is 4.31 Å². The van der Waals surface area contributed by atoms with Crippen LogP contribution in [0.3, 0.4) is 0 Å². The lowest BCUT2D eigenvalue weighted by molar-refractivity contribution is 0.0933. The summed E-state index contributed by atoms with van der Waals surface area (Å²) < 4.78 is 26.7. The minimum atomic E-state index is -3.64. The van der Waals surface area contributed by atoms with Crippen LogP contribution in [-0.2, 0) is 10.0 Å². The highest BCUT2D eigenvalue weighted by Gasteiger charge is 2.26. The summed E-state index contributed by atoms with van der Waals surface area (Å²) in [5.41, 5.74) is 0.330. The van der Waals surface area contributed by atoms with Crippen molar-refractivity contribution in [3.8, 4) is 0 Å². The summed E-state index contributed by atoms with van der Waals surface area (Å²) in [6.45, 7) is 5.06.